The van der Waals surface area contributed by atoms with Crippen molar-refractivity contribution in [3.8, 4) is 17.2 Å². The van der Waals surface area contributed by atoms with Gasteiger partial charge in [0.15, 0.2) is 11.5 Å². The first kappa shape index (κ1) is 16.9. The minimum Gasteiger partial charge on any atom is -0.493 e. The van der Waals surface area contributed by atoms with Gasteiger partial charge in [0.1, 0.15) is 0 Å². The average Bonchev–Trinajstić information content (AvgIpc) is 2.54. The molecular formula is C18H29NO3. The molecule has 0 saturated carbocycles. The van der Waals surface area contributed by atoms with Gasteiger partial charge >= 0.3 is 0 Å². The number of rotatable bonds is 7. The van der Waals surface area contributed by atoms with Gasteiger partial charge in [-0.15, -0.1) is 0 Å². The van der Waals surface area contributed by atoms with E-state index in [1.54, 1.807) is 14.2 Å². The molecule has 2 atom stereocenters. The lowest BCUT2D eigenvalue weighted by atomic mass is 9.89. The smallest absolute Gasteiger partial charge is 0.203 e. The zero-order valence-corrected chi connectivity index (χ0v) is 14.3. The lowest BCUT2D eigenvalue weighted by Crippen LogP contribution is -2.39. The Kier molecular flexibility index (Phi) is 6.37. The fourth-order valence-corrected chi connectivity index (χ4v) is 2.97. The Hall–Kier alpha value is -1.42. The molecule has 0 spiro atoms. The van der Waals surface area contributed by atoms with Crippen LogP contribution in [-0.2, 0) is 0 Å². The Morgan fingerprint density at radius 1 is 1.09 bits per heavy atom. The van der Waals surface area contributed by atoms with Crippen molar-refractivity contribution in [2.75, 3.05) is 40.5 Å². The predicted octanol–water partition coefficient (Wildman–Crippen LogP) is 3.45. The molecule has 0 unspecified atom stereocenters. The van der Waals surface area contributed by atoms with Gasteiger partial charge in [0.2, 0.25) is 5.75 Å². The highest BCUT2D eigenvalue weighted by molar-refractivity contribution is 5.51. The number of para-hydroxylation sites is 1. The second kappa shape index (κ2) is 8.28. The van der Waals surface area contributed by atoms with E-state index in [2.05, 4.69) is 18.7 Å². The summed E-state index contributed by atoms with van der Waals surface area (Å²) in [5, 5.41) is 0. The minimum absolute atomic E-state index is 0.678. The van der Waals surface area contributed by atoms with Crippen molar-refractivity contribution in [1.29, 1.82) is 0 Å². The van der Waals surface area contributed by atoms with Crippen LogP contribution in [0.5, 0.6) is 17.2 Å². The van der Waals surface area contributed by atoms with Gasteiger partial charge in [0, 0.05) is 13.1 Å². The molecule has 1 aliphatic rings. The summed E-state index contributed by atoms with van der Waals surface area (Å²) in [7, 11) is 3.30. The van der Waals surface area contributed by atoms with Crippen molar-refractivity contribution in [3.63, 3.8) is 0 Å². The molecule has 1 heterocycles. The fourth-order valence-electron chi connectivity index (χ4n) is 2.97. The topological polar surface area (TPSA) is 30.9 Å². The van der Waals surface area contributed by atoms with Crippen molar-refractivity contribution in [1.82, 2.24) is 4.90 Å². The normalized spacial score (nSPS) is 22.4. The van der Waals surface area contributed by atoms with Crippen molar-refractivity contribution < 1.29 is 14.2 Å². The predicted molar refractivity (Wildman–Crippen MR) is 89.0 cm³/mol. The lowest BCUT2D eigenvalue weighted by molar-refractivity contribution is 0.130. The molecule has 1 aromatic carbocycles. The van der Waals surface area contributed by atoms with Crippen LogP contribution in [-0.4, -0.2) is 45.4 Å². The Bertz CT molecular complexity index is 441. The standard InChI is InChI=1S/C18H29NO3/c1-14-9-11-19(13-15(14)2)10-6-12-22-18-16(20-3)7-5-8-17(18)21-4/h5,7-8,14-15H,6,9-13H2,1-4H3/t14-,15+/m0/s1. The summed E-state index contributed by atoms with van der Waals surface area (Å²) < 4.78 is 16.6. The van der Waals surface area contributed by atoms with E-state index >= 15 is 0 Å². The van der Waals surface area contributed by atoms with Crippen LogP contribution < -0.4 is 14.2 Å². The molecule has 124 valence electrons. The molecule has 0 aromatic heterocycles. The van der Waals surface area contributed by atoms with E-state index < -0.39 is 0 Å². The lowest BCUT2D eigenvalue weighted by Gasteiger charge is -2.35. The molecule has 0 radical (unpaired) electrons. The van der Waals surface area contributed by atoms with E-state index in [-0.39, 0.29) is 0 Å². The molecule has 1 saturated heterocycles. The molecule has 0 aliphatic carbocycles. The number of nitrogens with zero attached hydrogens (tertiary/aromatic N) is 1. The maximum absolute atomic E-state index is 5.91. The molecule has 0 amide bonds. The van der Waals surface area contributed by atoms with Crippen LogP contribution in [0.2, 0.25) is 0 Å². The molecule has 4 nitrogen and oxygen atoms in total. The Morgan fingerprint density at radius 2 is 1.77 bits per heavy atom. The molecular weight excluding hydrogens is 278 g/mol. The quantitative estimate of drug-likeness (QED) is 0.722. The van der Waals surface area contributed by atoms with Crippen molar-refractivity contribution in [2.24, 2.45) is 11.8 Å². The van der Waals surface area contributed by atoms with Crippen molar-refractivity contribution in [3.05, 3.63) is 18.2 Å². The van der Waals surface area contributed by atoms with Gasteiger partial charge in [-0.1, -0.05) is 19.9 Å². The number of likely N-dealkylation sites (tertiary alicyclic amines) is 1. The van der Waals surface area contributed by atoms with Crippen molar-refractivity contribution >= 4 is 0 Å². The van der Waals surface area contributed by atoms with Crippen LogP contribution in [0.3, 0.4) is 0 Å². The van der Waals surface area contributed by atoms with Gasteiger partial charge in [0.25, 0.3) is 0 Å². The average molecular weight is 307 g/mol. The van der Waals surface area contributed by atoms with Crippen molar-refractivity contribution in [2.45, 2.75) is 26.7 Å². The number of hydrogen-bond donors (Lipinski definition) is 0. The van der Waals surface area contributed by atoms with Gasteiger partial charge in [-0.2, -0.15) is 0 Å². The Balaban J connectivity index is 1.79. The molecule has 22 heavy (non-hydrogen) atoms. The first-order chi connectivity index (χ1) is 10.7. The third kappa shape index (κ3) is 4.29. The molecule has 2 rings (SSSR count). The van der Waals surface area contributed by atoms with Gasteiger partial charge in [-0.25, -0.2) is 0 Å². The second-order valence-electron chi connectivity index (χ2n) is 6.24. The first-order valence-corrected chi connectivity index (χ1v) is 8.21. The summed E-state index contributed by atoms with van der Waals surface area (Å²) in [4.78, 5) is 2.55. The highest BCUT2D eigenvalue weighted by Crippen LogP contribution is 2.36. The number of methoxy groups -OCH3 is 2. The van der Waals surface area contributed by atoms with Crippen LogP contribution in [0.15, 0.2) is 18.2 Å². The van der Waals surface area contributed by atoms with Crippen LogP contribution in [0, 0.1) is 11.8 Å². The SMILES string of the molecule is COc1cccc(OC)c1OCCCN1CC[C@H](C)[C@H](C)C1. The Labute approximate surface area is 134 Å². The van der Waals surface area contributed by atoms with Crippen LogP contribution >= 0.6 is 0 Å². The highest BCUT2D eigenvalue weighted by Gasteiger charge is 2.22. The van der Waals surface area contributed by atoms with E-state index in [4.69, 9.17) is 14.2 Å². The maximum atomic E-state index is 5.91. The summed E-state index contributed by atoms with van der Waals surface area (Å²) in [6.07, 6.45) is 2.32. The molecule has 1 fully saturated rings. The third-order valence-electron chi connectivity index (χ3n) is 4.67. The first-order valence-electron chi connectivity index (χ1n) is 8.21. The number of hydrogen-bond acceptors (Lipinski definition) is 4. The largest absolute Gasteiger partial charge is 0.493 e. The van der Waals surface area contributed by atoms with Crippen LogP contribution in [0.4, 0.5) is 0 Å². The van der Waals surface area contributed by atoms with E-state index in [1.165, 1.54) is 19.5 Å². The zero-order valence-electron chi connectivity index (χ0n) is 14.3. The van der Waals surface area contributed by atoms with Gasteiger partial charge in [-0.3, -0.25) is 0 Å². The second-order valence-corrected chi connectivity index (χ2v) is 6.24. The van der Waals surface area contributed by atoms with Gasteiger partial charge < -0.3 is 19.1 Å². The molecule has 0 N–H and O–H groups in total. The van der Waals surface area contributed by atoms with E-state index in [0.29, 0.717) is 12.4 Å². The molecule has 1 aromatic rings. The summed E-state index contributed by atoms with van der Waals surface area (Å²) in [5.74, 6) is 3.79. The summed E-state index contributed by atoms with van der Waals surface area (Å²) >= 11 is 0. The summed E-state index contributed by atoms with van der Waals surface area (Å²) in [5.41, 5.74) is 0. The number of ether oxygens (including phenoxy) is 3. The van der Waals surface area contributed by atoms with Gasteiger partial charge in [0.05, 0.1) is 20.8 Å². The molecule has 0 bridgehead atoms. The fraction of sp³-hybridized carbons (Fsp3) is 0.667. The van der Waals surface area contributed by atoms with E-state index in [1.807, 2.05) is 18.2 Å². The van der Waals surface area contributed by atoms with E-state index in [0.717, 1.165) is 36.3 Å². The summed E-state index contributed by atoms with van der Waals surface area (Å²) in [6, 6.07) is 5.69. The number of benzene rings is 1. The third-order valence-corrected chi connectivity index (χ3v) is 4.67. The van der Waals surface area contributed by atoms with Gasteiger partial charge in [-0.05, 0) is 43.4 Å². The van der Waals surface area contributed by atoms with Crippen LogP contribution in [0.1, 0.15) is 26.7 Å². The van der Waals surface area contributed by atoms with Crippen LogP contribution in [0.25, 0.3) is 0 Å². The Morgan fingerprint density at radius 3 is 2.36 bits per heavy atom. The molecule has 4 heteroatoms. The minimum atomic E-state index is 0.678. The number of piperidine rings is 1. The highest BCUT2D eigenvalue weighted by atomic mass is 16.5. The zero-order chi connectivity index (χ0) is 15.9. The summed E-state index contributed by atoms with van der Waals surface area (Å²) in [6.45, 7) is 8.90. The maximum Gasteiger partial charge on any atom is 0.203 e. The molecule has 1 aliphatic heterocycles. The monoisotopic (exact) mass is 307 g/mol. The van der Waals surface area contributed by atoms with E-state index in [9.17, 15) is 0 Å².